The molecule has 0 rings (SSSR count). The molecule has 0 N–H and O–H groups in total. The molecule has 0 saturated carbocycles. The zero-order valence-corrected chi connectivity index (χ0v) is 6.74. The highest BCUT2D eigenvalue weighted by Gasteiger charge is 2.08. The summed E-state index contributed by atoms with van der Waals surface area (Å²) in [5.41, 5.74) is 0. The topological polar surface area (TPSA) is 0 Å². The van der Waals surface area contributed by atoms with Gasteiger partial charge in [0.1, 0.15) is 0 Å². The molecular formula is C6H13FSi. The molecule has 0 aliphatic heterocycles. The summed E-state index contributed by atoms with van der Waals surface area (Å²) in [5.74, 6) is 0. The molecule has 0 aliphatic rings. The number of rotatable bonds is 2. The van der Waals surface area contributed by atoms with Gasteiger partial charge in [-0.05, 0) is 6.04 Å². The zero-order chi connectivity index (χ0) is 6.62. The van der Waals surface area contributed by atoms with Crippen LogP contribution in [0.2, 0.25) is 25.7 Å². The number of allylic oxidation sites excluding steroid dienone is 1. The van der Waals surface area contributed by atoms with E-state index in [2.05, 4.69) is 19.6 Å². The van der Waals surface area contributed by atoms with Gasteiger partial charge in [0.2, 0.25) is 0 Å². The summed E-state index contributed by atoms with van der Waals surface area (Å²) in [6, 6.07) is 0.948. The quantitative estimate of drug-likeness (QED) is 0.507. The van der Waals surface area contributed by atoms with Gasteiger partial charge in [-0.25, -0.2) is 4.39 Å². The minimum absolute atomic E-state index is 0.637. The van der Waals surface area contributed by atoms with Crippen molar-refractivity contribution in [2.75, 3.05) is 0 Å². The van der Waals surface area contributed by atoms with Gasteiger partial charge >= 0.3 is 0 Å². The highest BCUT2D eigenvalue weighted by atomic mass is 28.3. The van der Waals surface area contributed by atoms with Crippen LogP contribution in [0.5, 0.6) is 0 Å². The van der Waals surface area contributed by atoms with E-state index >= 15 is 0 Å². The summed E-state index contributed by atoms with van der Waals surface area (Å²) in [4.78, 5) is 0. The van der Waals surface area contributed by atoms with E-state index in [1.165, 1.54) is 0 Å². The summed E-state index contributed by atoms with van der Waals surface area (Å²) in [5, 5.41) is 0. The molecule has 0 unspecified atom stereocenters. The van der Waals surface area contributed by atoms with Crippen molar-refractivity contribution >= 4 is 8.07 Å². The average molecular weight is 132 g/mol. The van der Waals surface area contributed by atoms with Crippen LogP contribution in [0.25, 0.3) is 0 Å². The van der Waals surface area contributed by atoms with Gasteiger partial charge in [-0.2, -0.15) is 0 Å². The standard InChI is InChI=1S/C6H13FSi/c1-8(2,3)6-4-5-7/h4-5H,6H2,1-3H3. The fourth-order valence-corrected chi connectivity index (χ4v) is 1.19. The van der Waals surface area contributed by atoms with Crippen LogP contribution in [-0.4, -0.2) is 8.07 Å². The second-order valence-corrected chi connectivity index (χ2v) is 8.66. The molecule has 0 atom stereocenters. The van der Waals surface area contributed by atoms with Crippen molar-refractivity contribution in [3.8, 4) is 0 Å². The maximum atomic E-state index is 11.4. The normalized spacial score (nSPS) is 13.0. The predicted octanol–water partition coefficient (Wildman–Crippen LogP) is 2.81. The summed E-state index contributed by atoms with van der Waals surface area (Å²) in [7, 11) is -1.00. The molecule has 0 radical (unpaired) electrons. The largest absolute Gasteiger partial charge is 0.216 e. The Balaban J connectivity index is 3.39. The molecule has 0 aromatic carbocycles. The molecule has 48 valence electrons. The lowest BCUT2D eigenvalue weighted by Gasteiger charge is -2.10. The Morgan fingerprint density at radius 3 is 2.00 bits per heavy atom. The molecule has 0 aromatic heterocycles. The van der Waals surface area contributed by atoms with E-state index in [0.717, 1.165) is 6.04 Å². The number of hydrogen-bond donors (Lipinski definition) is 0. The zero-order valence-electron chi connectivity index (χ0n) is 5.74. The Kier molecular flexibility index (Phi) is 2.98. The third-order valence-electron chi connectivity index (χ3n) is 0.819. The maximum Gasteiger partial charge on any atom is 0.0824 e. The Morgan fingerprint density at radius 2 is 1.88 bits per heavy atom. The van der Waals surface area contributed by atoms with E-state index in [-0.39, 0.29) is 0 Å². The summed E-state index contributed by atoms with van der Waals surface area (Å²) >= 11 is 0. The fourth-order valence-electron chi connectivity index (χ4n) is 0.398. The Hall–Kier alpha value is -0.113. The third kappa shape index (κ3) is 5.89. The van der Waals surface area contributed by atoms with E-state index in [9.17, 15) is 4.39 Å². The van der Waals surface area contributed by atoms with Crippen molar-refractivity contribution in [2.45, 2.75) is 25.7 Å². The SMILES string of the molecule is C[Si](C)(C)CC=CF. The number of hydrogen-bond acceptors (Lipinski definition) is 0. The van der Waals surface area contributed by atoms with Crippen molar-refractivity contribution in [3.63, 3.8) is 0 Å². The van der Waals surface area contributed by atoms with Gasteiger partial charge in [0, 0.05) is 8.07 Å². The van der Waals surface area contributed by atoms with Crippen LogP contribution < -0.4 is 0 Å². The summed E-state index contributed by atoms with van der Waals surface area (Å²) in [6.07, 6.45) is 2.24. The molecule has 0 nitrogen and oxygen atoms in total. The summed E-state index contributed by atoms with van der Waals surface area (Å²) < 4.78 is 11.4. The molecule has 0 saturated heterocycles. The van der Waals surface area contributed by atoms with Gasteiger partial charge < -0.3 is 0 Å². The first-order chi connectivity index (χ1) is 3.56. The van der Waals surface area contributed by atoms with Crippen molar-refractivity contribution < 1.29 is 4.39 Å². The lowest BCUT2D eigenvalue weighted by Crippen LogP contribution is -2.17. The Morgan fingerprint density at radius 1 is 1.38 bits per heavy atom. The highest BCUT2D eigenvalue weighted by Crippen LogP contribution is 2.07. The molecule has 0 fully saturated rings. The number of halogens is 1. The van der Waals surface area contributed by atoms with E-state index in [1.807, 2.05) is 0 Å². The molecule has 0 aromatic rings. The first-order valence-electron chi connectivity index (χ1n) is 2.81. The average Bonchev–Trinajstić information content (AvgIpc) is 1.59. The lowest BCUT2D eigenvalue weighted by molar-refractivity contribution is 0.719. The molecule has 8 heavy (non-hydrogen) atoms. The van der Waals surface area contributed by atoms with E-state index < -0.39 is 8.07 Å². The van der Waals surface area contributed by atoms with E-state index in [1.54, 1.807) is 6.08 Å². The minimum atomic E-state index is -1.00. The predicted molar refractivity (Wildman–Crippen MR) is 38.4 cm³/mol. The van der Waals surface area contributed by atoms with Crippen molar-refractivity contribution in [1.82, 2.24) is 0 Å². The maximum absolute atomic E-state index is 11.4. The van der Waals surface area contributed by atoms with Gasteiger partial charge in [-0.1, -0.05) is 25.7 Å². The molecule has 0 heterocycles. The molecule has 0 amide bonds. The Bertz CT molecular complexity index is 81.0. The van der Waals surface area contributed by atoms with Crippen LogP contribution in [0.4, 0.5) is 4.39 Å². The second kappa shape index (κ2) is 3.02. The van der Waals surface area contributed by atoms with Crippen molar-refractivity contribution in [1.29, 1.82) is 0 Å². The lowest BCUT2D eigenvalue weighted by atomic mass is 10.7. The minimum Gasteiger partial charge on any atom is -0.216 e. The van der Waals surface area contributed by atoms with Crippen molar-refractivity contribution in [3.05, 3.63) is 12.4 Å². The highest BCUT2D eigenvalue weighted by molar-refractivity contribution is 6.76. The third-order valence-corrected chi connectivity index (χ3v) is 2.28. The van der Waals surface area contributed by atoms with Gasteiger partial charge in [0.15, 0.2) is 0 Å². The molecule has 0 bridgehead atoms. The first-order valence-corrected chi connectivity index (χ1v) is 6.52. The van der Waals surface area contributed by atoms with E-state index in [0.29, 0.717) is 6.33 Å². The van der Waals surface area contributed by atoms with E-state index in [4.69, 9.17) is 0 Å². The summed E-state index contributed by atoms with van der Waals surface area (Å²) in [6.45, 7) is 6.65. The van der Waals surface area contributed by atoms with Gasteiger partial charge in [-0.3, -0.25) is 0 Å². The molecular weight excluding hydrogens is 119 g/mol. The van der Waals surface area contributed by atoms with Crippen LogP contribution >= 0.6 is 0 Å². The van der Waals surface area contributed by atoms with Gasteiger partial charge in [0.05, 0.1) is 6.33 Å². The molecule has 0 spiro atoms. The van der Waals surface area contributed by atoms with Crippen LogP contribution in [-0.2, 0) is 0 Å². The smallest absolute Gasteiger partial charge is 0.0824 e. The van der Waals surface area contributed by atoms with Gasteiger partial charge in [0.25, 0.3) is 0 Å². The van der Waals surface area contributed by atoms with Gasteiger partial charge in [-0.15, -0.1) is 0 Å². The molecule has 0 aliphatic carbocycles. The first kappa shape index (κ1) is 7.89. The van der Waals surface area contributed by atoms with Crippen LogP contribution in [0.3, 0.4) is 0 Å². The monoisotopic (exact) mass is 132 g/mol. The van der Waals surface area contributed by atoms with Crippen LogP contribution in [0.1, 0.15) is 0 Å². The van der Waals surface area contributed by atoms with Crippen molar-refractivity contribution in [2.24, 2.45) is 0 Å². The molecule has 2 heteroatoms. The Labute approximate surface area is 51.4 Å². The second-order valence-electron chi connectivity index (χ2n) is 3.13. The van der Waals surface area contributed by atoms with Crippen LogP contribution in [0.15, 0.2) is 12.4 Å². The van der Waals surface area contributed by atoms with Crippen LogP contribution in [0, 0.1) is 0 Å². The fraction of sp³-hybridized carbons (Fsp3) is 0.667.